The van der Waals surface area contributed by atoms with Gasteiger partial charge in [-0.05, 0) is 192 Å². The molecule has 0 bridgehead atoms. The molecule has 4 heterocycles. The van der Waals surface area contributed by atoms with E-state index in [4.69, 9.17) is 0 Å². The minimum absolute atomic E-state index is 0.0337. The number of fused-ring (bicyclic) bond motifs is 11. The van der Waals surface area contributed by atoms with Crippen molar-refractivity contribution in [3.05, 3.63) is 262 Å². The van der Waals surface area contributed by atoms with Crippen molar-refractivity contribution in [2.24, 2.45) is 0 Å². The molecule has 2 aliphatic rings. The standard InChI is InChI=1S/C88H88B2N4/c1-53-45-55(3)80(56(4)46-53)89-72-49-61(87(13,14)15)31-43-78(72)94-79-44-32-62(88(16,17)18)50-73(79)90(81-57(5)47-54(2)48-58(81)6)75-52-67(51-74(89)84(75)94)93-77-26-22-20-24-69(77)71-42-41-70-68-23-19-21-25-76(68)92(82(70)83(71)93)66-39-37-65(38-40-66)91(63-33-27-59(28-34-63)85(7,8)9)64-35-29-60(30-36-64)86(10,11)12/h19-52H,1-18H3. The van der Waals surface area contributed by atoms with E-state index in [2.05, 4.69) is 350 Å². The van der Waals surface area contributed by atoms with Crippen LogP contribution in [0.4, 0.5) is 34.1 Å². The maximum Gasteiger partial charge on any atom is 0.247 e. The molecule has 466 valence electrons. The summed E-state index contributed by atoms with van der Waals surface area (Å²) in [6.45, 7) is 41.7. The Bertz CT molecular complexity index is 4990. The fourth-order valence-corrected chi connectivity index (χ4v) is 16.5. The molecule has 11 aromatic carbocycles. The Balaban J connectivity index is 1.05. The Morgan fingerprint density at radius 2 is 0.649 bits per heavy atom. The van der Waals surface area contributed by atoms with Crippen molar-refractivity contribution in [1.29, 1.82) is 0 Å². The molecule has 0 atom stereocenters. The zero-order chi connectivity index (χ0) is 66.0. The zero-order valence-corrected chi connectivity index (χ0v) is 58.6. The third kappa shape index (κ3) is 9.78. The first-order valence-corrected chi connectivity index (χ1v) is 34.1. The maximum atomic E-state index is 2.69. The Hall–Kier alpha value is -9.25. The maximum absolute atomic E-state index is 2.69. The third-order valence-electron chi connectivity index (χ3n) is 21.0. The molecule has 0 saturated heterocycles. The van der Waals surface area contributed by atoms with Gasteiger partial charge in [-0.15, -0.1) is 0 Å². The van der Waals surface area contributed by atoms with Crippen LogP contribution in [0, 0.1) is 41.5 Å². The summed E-state index contributed by atoms with van der Waals surface area (Å²) in [6, 6.07) is 80.6. The van der Waals surface area contributed by atoms with Crippen molar-refractivity contribution in [1.82, 2.24) is 9.13 Å². The molecule has 15 rings (SSSR count). The lowest BCUT2D eigenvalue weighted by Gasteiger charge is -2.45. The van der Waals surface area contributed by atoms with Crippen LogP contribution in [0.25, 0.3) is 55.0 Å². The predicted octanol–water partition coefficient (Wildman–Crippen LogP) is 19.5. The quantitative estimate of drug-likeness (QED) is 0.148. The topological polar surface area (TPSA) is 16.3 Å². The number of nitrogens with zero attached hydrogens (tertiary/aromatic N) is 4. The molecule has 4 nitrogen and oxygen atoms in total. The molecule has 94 heavy (non-hydrogen) atoms. The summed E-state index contributed by atoms with van der Waals surface area (Å²) in [7, 11) is 0. The molecule has 6 heteroatoms. The van der Waals surface area contributed by atoms with Crippen molar-refractivity contribution < 1.29 is 0 Å². The number of aromatic nitrogens is 2. The number of hydrogen-bond acceptors (Lipinski definition) is 2. The molecule has 0 fully saturated rings. The van der Waals surface area contributed by atoms with Gasteiger partial charge >= 0.3 is 0 Å². The van der Waals surface area contributed by atoms with Gasteiger partial charge in [0, 0.05) is 67.0 Å². The van der Waals surface area contributed by atoms with E-state index < -0.39 is 0 Å². The van der Waals surface area contributed by atoms with Crippen LogP contribution in [-0.4, -0.2) is 22.6 Å². The highest BCUT2D eigenvalue weighted by Crippen LogP contribution is 2.46. The van der Waals surface area contributed by atoms with Crippen LogP contribution < -0.4 is 42.6 Å². The number of hydrogen-bond donors (Lipinski definition) is 0. The monoisotopic (exact) mass is 1220 g/mol. The fourth-order valence-electron chi connectivity index (χ4n) is 16.5. The third-order valence-corrected chi connectivity index (χ3v) is 21.0. The number of aryl methyl sites for hydroxylation is 6. The first-order valence-electron chi connectivity index (χ1n) is 34.1. The molecule has 2 aromatic heterocycles. The van der Waals surface area contributed by atoms with Crippen molar-refractivity contribution in [3.63, 3.8) is 0 Å². The highest BCUT2D eigenvalue weighted by molar-refractivity contribution is 7.02. The van der Waals surface area contributed by atoms with Gasteiger partial charge in [0.15, 0.2) is 0 Å². The SMILES string of the molecule is Cc1cc(C)c(B2c3cc(C(C)(C)C)ccc3N3c4ccc(C(C)(C)C)cc4B(c4c(C)cc(C)cc4C)c4cc(-n5c6ccccc6c6ccc7c8ccccc8n(-c8ccc(N(c9ccc(C(C)(C)C)cc9)c9ccc(C(C)(C)C)cc9)cc8)c7c65)cc2c43)c(C)c1. The molecular formula is C88H88B2N4. The van der Waals surface area contributed by atoms with Gasteiger partial charge in [-0.3, -0.25) is 0 Å². The molecule has 0 aliphatic carbocycles. The summed E-state index contributed by atoms with van der Waals surface area (Å²) >= 11 is 0. The molecule has 13 aromatic rings. The van der Waals surface area contributed by atoms with Crippen molar-refractivity contribution in [2.75, 3.05) is 9.80 Å². The summed E-state index contributed by atoms with van der Waals surface area (Å²) in [5.74, 6) is 0. The first-order chi connectivity index (χ1) is 44.6. The molecule has 2 aliphatic heterocycles. The molecule has 0 N–H and O–H groups in total. The van der Waals surface area contributed by atoms with Gasteiger partial charge in [0.05, 0.1) is 22.1 Å². The number of anilines is 6. The van der Waals surface area contributed by atoms with E-state index in [-0.39, 0.29) is 35.1 Å². The van der Waals surface area contributed by atoms with E-state index >= 15 is 0 Å². The van der Waals surface area contributed by atoms with Crippen LogP contribution >= 0.6 is 0 Å². The number of para-hydroxylation sites is 2. The molecule has 0 spiro atoms. The van der Waals surface area contributed by atoms with E-state index in [1.165, 1.54) is 149 Å². The Morgan fingerprint density at radius 3 is 1.02 bits per heavy atom. The largest absolute Gasteiger partial charge is 0.313 e. The van der Waals surface area contributed by atoms with E-state index in [0.29, 0.717) is 0 Å². The van der Waals surface area contributed by atoms with E-state index in [1.807, 2.05) is 0 Å². The normalized spacial score (nSPS) is 13.4. The second-order valence-electron chi connectivity index (χ2n) is 31.9. The summed E-state index contributed by atoms with van der Waals surface area (Å²) in [5.41, 5.74) is 35.4. The van der Waals surface area contributed by atoms with Crippen LogP contribution in [0.1, 0.15) is 139 Å². The average Bonchev–Trinajstić information content (AvgIpc) is 1.08. The molecule has 0 radical (unpaired) electrons. The Labute approximate surface area is 559 Å². The van der Waals surface area contributed by atoms with Crippen molar-refractivity contribution in [3.8, 4) is 11.4 Å². The lowest BCUT2D eigenvalue weighted by molar-refractivity contribution is 0.590. The minimum atomic E-state index is -0.0829. The molecule has 0 amide bonds. The van der Waals surface area contributed by atoms with E-state index in [1.54, 1.807) is 0 Å². The van der Waals surface area contributed by atoms with Gasteiger partial charge in [0.2, 0.25) is 13.4 Å². The molecule has 0 unspecified atom stereocenters. The predicted molar refractivity (Wildman–Crippen MR) is 410 cm³/mol. The summed E-state index contributed by atoms with van der Waals surface area (Å²) in [4.78, 5) is 5.11. The zero-order valence-electron chi connectivity index (χ0n) is 58.6. The number of rotatable bonds is 7. The van der Waals surface area contributed by atoms with Gasteiger partial charge in [-0.2, -0.15) is 0 Å². The van der Waals surface area contributed by atoms with Gasteiger partial charge in [-0.1, -0.05) is 249 Å². The van der Waals surface area contributed by atoms with Crippen LogP contribution in [-0.2, 0) is 21.7 Å². The van der Waals surface area contributed by atoms with E-state index in [0.717, 1.165) is 28.4 Å². The minimum Gasteiger partial charge on any atom is -0.313 e. The summed E-state index contributed by atoms with van der Waals surface area (Å²) in [6.07, 6.45) is 0. The lowest BCUT2D eigenvalue weighted by Crippen LogP contribution is -2.66. The van der Waals surface area contributed by atoms with Crippen molar-refractivity contribution >= 4 is 124 Å². The summed E-state index contributed by atoms with van der Waals surface area (Å²) in [5, 5.41) is 4.91. The van der Waals surface area contributed by atoms with Crippen LogP contribution in [0.15, 0.2) is 206 Å². The smallest absolute Gasteiger partial charge is 0.247 e. The van der Waals surface area contributed by atoms with E-state index in [9.17, 15) is 0 Å². The highest BCUT2D eigenvalue weighted by atomic mass is 15.2. The Kier molecular flexibility index (Phi) is 14.0. The number of benzene rings is 11. The van der Waals surface area contributed by atoms with Crippen LogP contribution in [0.5, 0.6) is 0 Å². The average molecular weight is 1220 g/mol. The van der Waals surface area contributed by atoms with Crippen molar-refractivity contribution in [2.45, 2.75) is 146 Å². The molecular weight excluding hydrogens is 1130 g/mol. The second kappa shape index (κ2) is 21.7. The second-order valence-corrected chi connectivity index (χ2v) is 31.9. The lowest BCUT2D eigenvalue weighted by atomic mass is 9.29. The highest BCUT2D eigenvalue weighted by Gasteiger charge is 2.46. The van der Waals surface area contributed by atoms with Gasteiger partial charge in [0.1, 0.15) is 0 Å². The molecule has 0 saturated carbocycles. The summed E-state index contributed by atoms with van der Waals surface area (Å²) < 4.78 is 5.23. The van der Waals surface area contributed by atoms with Gasteiger partial charge < -0.3 is 18.9 Å². The van der Waals surface area contributed by atoms with Crippen LogP contribution in [0.3, 0.4) is 0 Å². The van der Waals surface area contributed by atoms with Gasteiger partial charge in [0.25, 0.3) is 0 Å². The van der Waals surface area contributed by atoms with Crippen LogP contribution in [0.2, 0.25) is 0 Å². The first kappa shape index (κ1) is 61.0. The van der Waals surface area contributed by atoms with Gasteiger partial charge in [-0.25, -0.2) is 0 Å². The Morgan fingerprint density at radius 1 is 0.309 bits per heavy atom. The fraction of sp³-hybridized carbons (Fsp3) is 0.250.